The topological polar surface area (TPSA) is 56.1 Å². The van der Waals surface area contributed by atoms with Crippen LogP contribution in [0, 0.1) is 6.92 Å². The molecule has 0 saturated heterocycles. The van der Waals surface area contributed by atoms with Crippen LogP contribution in [0.25, 0.3) is 0 Å². The first-order chi connectivity index (χ1) is 10.7. The molecular weight excluding hydrogens is 278 g/mol. The van der Waals surface area contributed by atoms with Gasteiger partial charge in [0.05, 0.1) is 19.2 Å². The SMILES string of the molecule is COc1ccccc1CC(=O)NC1CCc2nc(C)cn2C1. The van der Waals surface area contributed by atoms with Gasteiger partial charge in [-0.15, -0.1) is 0 Å². The van der Waals surface area contributed by atoms with E-state index in [4.69, 9.17) is 4.74 Å². The monoisotopic (exact) mass is 299 g/mol. The van der Waals surface area contributed by atoms with E-state index < -0.39 is 0 Å². The molecule has 3 rings (SSSR count). The van der Waals surface area contributed by atoms with Gasteiger partial charge in [-0.05, 0) is 19.4 Å². The van der Waals surface area contributed by atoms with Crippen LogP contribution in [-0.2, 0) is 24.2 Å². The zero-order valence-corrected chi connectivity index (χ0v) is 13.0. The molecule has 1 aromatic heterocycles. The fraction of sp³-hybridized carbons (Fsp3) is 0.412. The molecule has 0 spiro atoms. The molecule has 0 saturated carbocycles. The van der Waals surface area contributed by atoms with E-state index in [1.54, 1.807) is 7.11 Å². The number of imidazole rings is 1. The van der Waals surface area contributed by atoms with E-state index in [9.17, 15) is 4.79 Å². The third-order valence-corrected chi connectivity index (χ3v) is 4.02. The Bertz CT molecular complexity index is 678. The normalized spacial score (nSPS) is 16.9. The summed E-state index contributed by atoms with van der Waals surface area (Å²) in [7, 11) is 1.63. The van der Waals surface area contributed by atoms with Crippen molar-refractivity contribution in [2.45, 2.75) is 38.8 Å². The molecule has 1 aliphatic rings. The molecule has 0 aliphatic carbocycles. The Morgan fingerprint density at radius 3 is 3.09 bits per heavy atom. The lowest BCUT2D eigenvalue weighted by Crippen LogP contribution is -2.41. The van der Waals surface area contributed by atoms with Crippen LogP contribution in [0.5, 0.6) is 5.75 Å². The van der Waals surface area contributed by atoms with E-state index in [1.807, 2.05) is 37.4 Å². The maximum Gasteiger partial charge on any atom is 0.224 e. The van der Waals surface area contributed by atoms with Crippen molar-refractivity contribution in [3.63, 3.8) is 0 Å². The van der Waals surface area contributed by atoms with Crippen LogP contribution in [0.4, 0.5) is 0 Å². The van der Waals surface area contributed by atoms with Crippen LogP contribution in [0.3, 0.4) is 0 Å². The molecule has 0 fully saturated rings. The molecule has 22 heavy (non-hydrogen) atoms. The highest BCUT2D eigenvalue weighted by atomic mass is 16.5. The number of para-hydroxylation sites is 1. The van der Waals surface area contributed by atoms with Crippen LogP contribution in [-0.4, -0.2) is 28.6 Å². The zero-order valence-electron chi connectivity index (χ0n) is 13.0. The quantitative estimate of drug-likeness (QED) is 0.938. The van der Waals surface area contributed by atoms with Gasteiger partial charge in [0.1, 0.15) is 11.6 Å². The smallest absolute Gasteiger partial charge is 0.224 e. The summed E-state index contributed by atoms with van der Waals surface area (Å²) in [5.74, 6) is 1.91. The van der Waals surface area contributed by atoms with Crippen molar-refractivity contribution in [2.24, 2.45) is 0 Å². The number of rotatable bonds is 4. The largest absolute Gasteiger partial charge is 0.496 e. The molecule has 1 aromatic carbocycles. The molecule has 0 radical (unpaired) electrons. The van der Waals surface area contributed by atoms with Crippen LogP contribution in [0.1, 0.15) is 23.5 Å². The van der Waals surface area contributed by atoms with Crippen molar-refractivity contribution in [3.05, 3.63) is 47.5 Å². The van der Waals surface area contributed by atoms with Gasteiger partial charge >= 0.3 is 0 Å². The molecule has 116 valence electrons. The van der Waals surface area contributed by atoms with Crippen molar-refractivity contribution in [2.75, 3.05) is 7.11 Å². The third-order valence-electron chi connectivity index (χ3n) is 4.02. The highest BCUT2D eigenvalue weighted by molar-refractivity contribution is 5.79. The lowest BCUT2D eigenvalue weighted by atomic mass is 10.1. The van der Waals surface area contributed by atoms with Gasteiger partial charge in [0.25, 0.3) is 0 Å². The standard InChI is InChI=1S/C17H21N3O2/c1-12-10-20-11-14(7-8-16(20)18-12)19-17(21)9-13-5-3-4-6-15(13)22-2/h3-6,10,14H,7-9,11H2,1-2H3,(H,19,21). The molecule has 0 bridgehead atoms. The number of benzene rings is 1. The Labute approximate surface area is 130 Å². The average molecular weight is 299 g/mol. The second kappa shape index (κ2) is 6.22. The van der Waals surface area contributed by atoms with Gasteiger partial charge in [-0.2, -0.15) is 0 Å². The number of methoxy groups -OCH3 is 1. The minimum Gasteiger partial charge on any atom is -0.496 e. The van der Waals surface area contributed by atoms with Crippen molar-refractivity contribution in [3.8, 4) is 5.75 Å². The minimum absolute atomic E-state index is 0.0368. The molecule has 2 aromatic rings. The highest BCUT2D eigenvalue weighted by Gasteiger charge is 2.21. The number of ether oxygens (including phenoxy) is 1. The molecule has 5 heteroatoms. The zero-order chi connectivity index (χ0) is 15.5. The fourth-order valence-electron chi connectivity index (χ4n) is 3.00. The van der Waals surface area contributed by atoms with Crippen molar-refractivity contribution >= 4 is 5.91 Å². The second-order valence-electron chi connectivity index (χ2n) is 5.74. The Morgan fingerprint density at radius 1 is 1.45 bits per heavy atom. The summed E-state index contributed by atoms with van der Waals surface area (Å²) in [6.07, 6.45) is 4.24. The van der Waals surface area contributed by atoms with Gasteiger partial charge < -0.3 is 14.6 Å². The Balaban J connectivity index is 1.61. The predicted octanol–water partition coefficient (Wildman–Crippen LogP) is 1.87. The van der Waals surface area contributed by atoms with Crippen LogP contribution in [0.2, 0.25) is 0 Å². The van der Waals surface area contributed by atoms with Crippen molar-refractivity contribution in [1.29, 1.82) is 0 Å². The van der Waals surface area contributed by atoms with Gasteiger partial charge in [-0.25, -0.2) is 4.98 Å². The third kappa shape index (κ3) is 3.13. The second-order valence-corrected chi connectivity index (χ2v) is 5.74. The lowest BCUT2D eigenvalue weighted by Gasteiger charge is -2.24. The number of carbonyl (C=O) groups excluding carboxylic acids is 1. The summed E-state index contributed by atoms with van der Waals surface area (Å²) >= 11 is 0. The molecule has 1 unspecified atom stereocenters. The Morgan fingerprint density at radius 2 is 2.27 bits per heavy atom. The molecule has 1 amide bonds. The van der Waals surface area contributed by atoms with E-state index >= 15 is 0 Å². The average Bonchev–Trinajstić information content (AvgIpc) is 2.87. The Hall–Kier alpha value is -2.30. The number of nitrogens with one attached hydrogen (secondary N) is 1. The van der Waals surface area contributed by atoms with Crippen LogP contribution < -0.4 is 10.1 Å². The van der Waals surface area contributed by atoms with Gasteiger partial charge in [-0.3, -0.25) is 4.79 Å². The van der Waals surface area contributed by atoms with Crippen molar-refractivity contribution < 1.29 is 9.53 Å². The maximum absolute atomic E-state index is 12.3. The van der Waals surface area contributed by atoms with Crippen LogP contribution >= 0.6 is 0 Å². The molecule has 1 N–H and O–H groups in total. The number of hydrogen-bond acceptors (Lipinski definition) is 3. The van der Waals surface area contributed by atoms with E-state index in [-0.39, 0.29) is 11.9 Å². The fourth-order valence-corrected chi connectivity index (χ4v) is 3.00. The maximum atomic E-state index is 12.3. The van der Waals surface area contributed by atoms with E-state index in [0.29, 0.717) is 6.42 Å². The molecule has 5 nitrogen and oxygen atoms in total. The number of fused-ring (bicyclic) bond motifs is 1. The van der Waals surface area contributed by atoms with Gasteiger partial charge in [0, 0.05) is 30.8 Å². The Kier molecular flexibility index (Phi) is 4.13. The minimum atomic E-state index is 0.0368. The number of aryl methyl sites for hydroxylation is 2. The first kappa shape index (κ1) is 14.6. The van der Waals surface area contributed by atoms with Gasteiger partial charge in [0.15, 0.2) is 0 Å². The number of carbonyl (C=O) groups is 1. The van der Waals surface area contributed by atoms with E-state index in [0.717, 1.165) is 42.2 Å². The molecular formula is C17H21N3O2. The van der Waals surface area contributed by atoms with Crippen LogP contribution in [0.15, 0.2) is 30.5 Å². The first-order valence-electron chi connectivity index (χ1n) is 7.59. The summed E-state index contributed by atoms with van der Waals surface area (Å²) in [4.78, 5) is 16.8. The summed E-state index contributed by atoms with van der Waals surface area (Å²) < 4.78 is 7.44. The first-order valence-corrected chi connectivity index (χ1v) is 7.59. The number of nitrogens with zero attached hydrogens (tertiary/aromatic N) is 2. The predicted molar refractivity (Wildman–Crippen MR) is 83.9 cm³/mol. The summed E-state index contributed by atoms with van der Waals surface area (Å²) in [6, 6.07) is 7.81. The van der Waals surface area contributed by atoms with Gasteiger partial charge in [-0.1, -0.05) is 18.2 Å². The molecule has 1 atom stereocenters. The molecule has 2 heterocycles. The van der Waals surface area contributed by atoms with E-state index in [2.05, 4.69) is 14.9 Å². The van der Waals surface area contributed by atoms with Crippen molar-refractivity contribution in [1.82, 2.24) is 14.9 Å². The number of aromatic nitrogens is 2. The highest BCUT2D eigenvalue weighted by Crippen LogP contribution is 2.19. The van der Waals surface area contributed by atoms with E-state index in [1.165, 1.54) is 0 Å². The number of hydrogen-bond donors (Lipinski definition) is 1. The summed E-state index contributed by atoms with van der Waals surface area (Å²) in [5.41, 5.74) is 1.95. The molecule has 1 aliphatic heterocycles. The van der Waals surface area contributed by atoms with Gasteiger partial charge in [0.2, 0.25) is 5.91 Å². The summed E-state index contributed by atoms with van der Waals surface area (Å²) in [6.45, 7) is 2.80. The number of amides is 1. The lowest BCUT2D eigenvalue weighted by molar-refractivity contribution is -0.121. The summed E-state index contributed by atoms with van der Waals surface area (Å²) in [5, 5.41) is 3.13.